The number of nitrogens with zero attached hydrogens (tertiary/aromatic N) is 2. The zero-order valence-electron chi connectivity index (χ0n) is 17.6. The summed E-state index contributed by atoms with van der Waals surface area (Å²) in [7, 11) is 2.14. The molecule has 1 N–H and O–H groups in total. The highest BCUT2D eigenvalue weighted by Crippen LogP contribution is 2.36. The van der Waals surface area contributed by atoms with Crippen LogP contribution in [-0.2, 0) is 5.41 Å². The summed E-state index contributed by atoms with van der Waals surface area (Å²) in [6.45, 7) is 16.7. The van der Waals surface area contributed by atoms with E-state index in [-0.39, 0.29) is 5.41 Å². The maximum Gasteiger partial charge on any atom is 0.119 e. The number of benzene rings is 1. The molecule has 0 aromatic heterocycles. The molecular weight excluding hydrogens is 324 g/mol. The molecule has 4 heteroatoms. The van der Waals surface area contributed by atoms with Gasteiger partial charge in [0.2, 0.25) is 0 Å². The van der Waals surface area contributed by atoms with E-state index in [0.717, 1.165) is 38.3 Å². The molecule has 1 saturated heterocycles. The van der Waals surface area contributed by atoms with Crippen LogP contribution in [0.3, 0.4) is 0 Å². The Morgan fingerprint density at radius 2 is 1.58 bits per heavy atom. The molecule has 1 aromatic carbocycles. The monoisotopic (exact) mass is 362 g/mol. The lowest BCUT2D eigenvalue weighted by molar-refractivity contribution is 0.0504. The molecule has 1 fully saturated rings. The van der Waals surface area contributed by atoms with E-state index in [0.29, 0.717) is 18.6 Å². The maximum atomic E-state index is 10.3. The van der Waals surface area contributed by atoms with Crippen molar-refractivity contribution in [1.82, 2.24) is 9.80 Å². The lowest BCUT2D eigenvalue weighted by Gasteiger charge is -2.33. The first-order valence-electron chi connectivity index (χ1n) is 9.87. The topological polar surface area (TPSA) is 35.9 Å². The number of β-amino-alcohol motifs (C(OH)–C–C–N with tert-alkyl or cyclic N) is 1. The van der Waals surface area contributed by atoms with Gasteiger partial charge in [0.05, 0.1) is 0 Å². The summed E-state index contributed by atoms with van der Waals surface area (Å²) in [6.07, 6.45) is 0.680. The number of hydrogen-bond acceptors (Lipinski definition) is 4. The third-order valence-corrected chi connectivity index (χ3v) is 5.12. The minimum absolute atomic E-state index is 0.137. The number of rotatable bonds is 7. The quantitative estimate of drug-likeness (QED) is 0.807. The van der Waals surface area contributed by atoms with Gasteiger partial charge in [0.15, 0.2) is 0 Å². The molecule has 0 amide bonds. The van der Waals surface area contributed by atoms with Crippen molar-refractivity contribution in [2.75, 3.05) is 46.4 Å². The fourth-order valence-electron chi connectivity index (χ4n) is 4.00. The summed E-state index contributed by atoms with van der Waals surface area (Å²) in [5.41, 5.74) is 1.77. The van der Waals surface area contributed by atoms with Crippen molar-refractivity contribution in [3.8, 4) is 5.75 Å². The highest BCUT2D eigenvalue weighted by atomic mass is 16.5. The molecule has 4 nitrogen and oxygen atoms in total. The summed E-state index contributed by atoms with van der Waals surface area (Å²) in [5.74, 6) is 0.831. The molecule has 2 rings (SSSR count). The second-order valence-corrected chi connectivity index (χ2v) is 9.71. The number of aliphatic hydroxyl groups is 1. The average molecular weight is 363 g/mol. The second kappa shape index (κ2) is 8.73. The Morgan fingerprint density at radius 1 is 1.00 bits per heavy atom. The molecule has 0 bridgehead atoms. The Balaban J connectivity index is 1.81. The summed E-state index contributed by atoms with van der Waals surface area (Å²) in [5, 5.41) is 10.3. The van der Waals surface area contributed by atoms with Gasteiger partial charge in [-0.15, -0.1) is 0 Å². The van der Waals surface area contributed by atoms with Gasteiger partial charge in [-0.05, 0) is 42.0 Å². The van der Waals surface area contributed by atoms with Crippen LogP contribution in [0.5, 0.6) is 5.75 Å². The van der Waals surface area contributed by atoms with E-state index in [4.69, 9.17) is 4.74 Å². The number of ether oxygens (including phenoxy) is 1. The fraction of sp³-hybridized carbons (Fsp3) is 0.727. The number of piperazine rings is 1. The first-order chi connectivity index (χ1) is 12.0. The largest absolute Gasteiger partial charge is 0.491 e. The summed E-state index contributed by atoms with van der Waals surface area (Å²) in [6, 6.07) is 8.38. The Labute approximate surface area is 160 Å². The van der Waals surface area contributed by atoms with Crippen molar-refractivity contribution in [1.29, 1.82) is 0 Å². The predicted molar refractivity (Wildman–Crippen MR) is 109 cm³/mol. The predicted octanol–water partition coefficient (Wildman–Crippen LogP) is 3.39. The third-order valence-electron chi connectivity index (χ3n) is 5.12. The maximum absolute atomic E-state index is 10.3. The van der Waals surface area contributed by atoms with E-state index in [9.17, 15) is 5.11 Å². The SMILES string of the molecule is CN1CCN(C[C@@H](O)COc2ccc(C(C)(C)CC(C)(C)C)cc2)CC1. The van der Waals surface area contributed by atoms with Gasteiger partial charge >= 0.3 is 0 Å². The number of hydrogen-bond donors (Lipinski definition) is 1. The highest BCUT2D eigenvalue weighted by Gasteiger charge is 2.27. The molecule has 0 aliphatic carbocycles. The van der Waals surface area contributed by atoms with Crippen LogP contribution in [0.1, 0.15) is 46.6 Å². The molecule has 0 unspecified atom stereocenters. The smallest absolute Gasteiger partial charge is 0.119 e. The molecule has 1 aliphatic heterocycles. The van der Waals surface area contributed by atoms with Gasteiger partial charge in [-0.3, -0.25) is 4.90 Å². The van der Waals surface area contributed by atoms with Gasteiger partial charge in [-0.2, -0.15) is 0 Å². The Morgan fingerprint density at radius 3 is 2.12 bits per heavy atom. The fourth-order valence-corrected chi connectivity index (χ4v) is 4.00. The Hall–Kier alpha value is -1.10. The van der Waals surface area contributed by atoms with Gasteiger partial charge in [0, 0.05) is 32.7 Å². The van der Waals surface area contributed by atoms with Gasteiger partial charge in [0.1, 0.15) is 18.5 Å². The van der Waals surface area contributed by atoms with Crippen molar-refractivity contribution in [3.05, 3.63) is 29.8 Å². The highest BCUT2D eigenvalue weighted by molar-refractivity contribution is 5.31. The number of likely N-dealkylation sites (N-methyl/N-ethyl adjacent to an activating group) is 1. The number of aliphatic hydroxyl groups excluding tert-OH is 1. The van der Waals surface area contributed by atoms with E-state index in [1.807, 2.05) is 12.1 Å². The zero-order chi connectivity index (χ0) is 19.4. The molecule has 1 heterocycles. The van der Waals surface area contributed by atoms with Crippen LogP contribution in [0.4, 0.5) is 0 Å². The first-order valence-corrected chi connectivity index (χ1v) is 9.87. The first kappa shape index (κ1) is 21.2. The lowest BCUT2D eigenvalue weighted by Crippen LogP contribution is -2.47. The van der Waals surface area contributed by atoms with Gasteiger partial charge < -0.3 is 14.7 Å². The lowest BCUT2D eigenvalue weighted by atomic mass is 9.72. The van der Waals surface area contributed by atoms with Crippen LogP contribution in [0.25, 0.3) is 0 Å². The molecule has 148 valence electrons. The van der Waals surface area contributed by atoms with E-state index in [1.54, 1.807) is 0 Å². The normalized spacial score (nSPS) is 18.7. The molecular formula is C22H38N2O2. The second-order valence-electron chi connectivity index (χ2n) is 9.71. The molecule has 1 atom stereocenters. The van der Waals surface area contributed by atoms with Crippen molar-refractivity contribution in [2.24, 2.45) is 5.41 Å². The van der Waals surface area contributed by atoms with Crippen molar-refractivity contribution < 1.29 is 9.84 Å². The Bertz CT molecular complexity index is 540. The van der Waals surface area contributed by atoms with E-state index in [1.165, 1.54) is 5.56 Å². The minimum Gasteiger partial charge on any atom is -0.491 e. The van der Waals surface area contributed by atoms with Crippen LogP contribution in [0.15, 0.2) is 24.3 Å². The van der Waals surface area contributed by atoms with E-state index < -0.39 is 6.10 Å². The molecule has 1 aliphatic rings. The zero-order valence-corrected chi connectivity index (χ0v) is 17.6. The van der Waals surface area contributed by atoms with Crippen LogP contribution in [0, 0.1) is 5.41 Å². The molecule has 0 spiro atoms. The van der Waals surface area contributed by atoms with Crippen LogP contribution >= 0.6 is 0 Å². The van der Waals surface area contributed by atoms with Gasteiger partial charge in [-0.25, -0.2) is 0 Å². The van der Waals surface area contributed by atoms with Gasteiger partial charge in [0.25, 0.3) is 0 Å². The average Bonchev–Trinajstić information content (AvgIpc) is 2.53. The van der Waals surface area contributed by atoms with Crippen molar-refractivity contribution >= 4 is 0 Å². The third kappa shape index (κ3) is 6.90. The minimum atomic E-state index is -0.449. The van der Waals surface area contributed by atoms with Crippen molar-refractivity contribution in [2.45, 2.75) is 52.6 Å². The Kier molecular flexibility index (Phi) is 7.12. The summed E-state index contributed by atoms with van der Waals surface area (Å²) >= 11 is 0. The standard InChI is InChI=1S/C22H38N2O2/c1-21(2,3)17-22(4,5)18-7-9-20(10-8-18)26-16-19(25)15-24-13-11-23(6)12-14-24/h7-10,19,25H,11-17H2,1-6H3/t19-/m1/s1. The van der Waals surface area contributed by atoms with Crippen LogP contribution in [0.2, 0.25) is 0 Å². The molecule has 0 saturated carbocycles. The van der Waals surface area contributed by atoms with Gasteiger partial charge in [-0.1, -0.05) is 46.8 Å². The molecule has 1 aromatic rings. The van der Waals surface area contributed by atoms with E-state index in [2.05, 4.69) is 63.6 Å². The van der Waals surface area contributed by atoms with E-state index >= 15 is 0 Å². The van der Waals surface area contributed by atoms with Crippen LogP contribution in [-0.4, -0.2) is 67.4 Å². The molecule has 26 heavy (non-hydrogen) atoms. The van der Waals surface area contributed by atoms with Crippen molar-refractivity contribution in [3.63, 3.8) is 0 Å². The van der Waals surface area contributed by atoms with Crippen LogP contribution < -0.4 is 4.74 Å². The summed E-state index contributed by atoms with van der Waals surface area (Å²) < 4.78 is 5.81. The summed E-state index contributed by atoms with van der Waals surface area (Å²) in [4.78, 5) is 4.63. The molecule has 0 radical (unpaired) electrons.